The molecule has 0 heterocycles. The normalized spacial score (nSPS) is 8.92. The van der Waals surface area contributed by atoms with E-state index < -0.39 is 0 Å². The number of nitrogens with one attached hydrogen (secondary N) is 2. The molecule has 0 saturated carbocycles. The number of rotatable bonds is 4. The molecule has 0 bridgehead atoms. The minimum Gasteiger partial charge on any atom is -0.321 e. The Morgan fingerprint density at radius 1 is 1.25 bits per heavy atom. The third-order valence-electron chi connectivity index (χ3n) is 1.36. The van der Waals surface area contributed by atoms with E-state index in [9.17, 15) is 0 Å². The predicted molar refractivity (Wildman–Crippen MR) is 49.5 cm³/mol. The largest absolute Gasteiger partial charge is 0.321 e. The number of hydrogen-bond donors (Lipinski definition) is 2. The molecule has 1 aromatic rings. The minimum absolute atomic E-state index is 0.500. The van der Waals surface area contributed by atoms with E-state index in [0.717, 1.165) is 5.69 Å². The molecule has 12 heavy (non-hydrogen) atoms. The maximum Gasteiger partial charge on any atom is 0.228 e. The molecule has 62 valence electrons. The second-order valence-corrected chi connectivity index (χ2v) is 2.30. The number of hydrogen-bond acceptors (Lipinski definition) is 2. The van der Waals surface area contributed by atoms with Gasteiger partial charge in [-0.1, -0.05) is 18.2 Å². The maximum atomic E-state index is 6.54. The van der Waals surface area contributed by atoms with Crippen molar-refractivity contribution in [1.29, 1.82) is 0 Å². The van der Waals surface area contributed by atoms with Crippen LogP contribution in [0.4, 0.5) is 5.69 Å². The van der Waals surface area contributed by atoms with Gasteiger partial charge in [0.1, 0.15) is 0 Å². The smallest absolute Gasteiger partial charge is 0.228 e. The summed E-state index contributed by atoms with van der Waals surface area (Å²) in [4.78, 5) is 3.21. The third kappa shape index (κ3) is 3.04. The molecule has 2 N–H and O–H groups in total. The van der Waals surface area contributed by atoms with Crippen LogP contribution in [0.3, 0.4) is 0 Å². The standard InChI is InChI=1S/C9H11N3/c1-10-7-8-11-12-9-5-3-2-4-6-9/h2-6,11-12H,7-8H2. The lowest BCUT2D eigenvalue weighted by atomic mass is 10.3. The van der Waals surface area contributed by atoms with Gasteiger partial charge in [-0.15, -0.1) is 0 Å². The van der Waals surface area contributed by atoms with Gasteiger partial charge >= 0.3 is 0 Å². The Hall–Kier alpha value is -1.53. The fourth-order valence-electron chi connectivity index (χ4n) is 0.798. The van der Waals surface area contributed by atoms with Crippen molar-refractivity contribution in [2.24, 2.45) is 0 Å². The van der Waals surface area contributed by atoms with Crippen molar-refractivity contribution in [2.75, 3.05) is 18.5 Å². The topological polar surface area (TPSA) is 28.4 Å². The minimum atomic E-state index is 0.500. The van der Waals surface area contributed by atoms with Crippen LogP contribution < -0.4 is 10.9 Å². The van der Waals surface area contributed by atoms with Crippen LogP contribution in [0.5, 0.6) is 0 Å². The predicted octanol–water partition coefficient (Wildman–Crippen LogP) is 1.52. The van der Waals surface area contributed by atoms with Gasteiger partial charge in [0, 0.05) is 5.69 Å². The molecule has 0 aliphatic heterocycles. The van der Waals surface area contributed by atoms with Crippen molar-refractivity contribution in [1.82, 2.24) is 5.43 Å². The molecule has 0 spiro atoms. The van der Waals surface area contributed by atoms with E-state index in [1.165, 1.54) is 0 Å². The lowest BCUT2D eigenvalue weighted by Gasteiger charge is -2.04. The highest BCUT2D eigenvalue weighted by Crippen LogP contribution is 2.01. The van der Waals surface area contributed by atoms with Crippen LogP contribution in [0, 0.1) is 6.57 Å². The zero-order valence-corrected chi connectivity index (χ0v) is 6.75. The van der Waals surface area contributed by atoms with E-state index in [-0.39, 0.29) is 0 Å². The molecule has 1 rings (SSSR count). The molecule has 0 atom stereocenters. The van der Waals surface area contributed by atoms with Crippen LogP contribution in [0.2, 0.25) is 0 Å². The monoisotopic (exact) mass is 161 g/mol. The van der Waals surface area contributed by atoms with Crippen LogP contribution >= 0.6 is 0 Å². The second-order valence-electron chi connectivity index (χ2n) is 2.30. The Bertz CT molecular complexity index is 250. The van der Waals surface area contributed by atoms with E-state index >= 15 is 0 Å². The fraction of sp³-hybridized carbons (Fsp3) is 0.222. The average Bonchev–Trinajstić information content (AvgIpc) is 2.14. The second kappa shape index (κ2) is 5.16. The molecule has 0 radical (unpaired) electrons. The van der Waals surface area contributed by atoms with Crippen molar-refractivity contribution >= 4 is 5.69 Å². The van der Waals surface area contributed by atoms with Gasteiger partial charge in [-0.3, -0.25) is 0 Å². The molecule has 0 aromatic heterocycles. The van der Waals surface area contributed by atoms with Crippen LogP contribution in [-0.2, 0) is 0 Å². The summed E-state index contributed by atoms with van der Waals surface area (Å²) >= 11 is 0. The van der Waals surface area contributed by atoms with Gasteiger partial charge < -0.3 is 10.3 Å². The summed E-state index contributed by atoms with van der Waals surface area (Å²) in [7, 11) is 0. The van der Waals surface area contributed by atoms with E-state index in [4.69, 9.17) is 6.57 Å². The highest BCUT2D eigenvalue weighted by atomic mass is 15.4. The summed E-state index contributed by atoms with van der Waals surface area (Å²) in [5, 5.41) is 0. The van der Waals surface area contributed by atoms with Crippen LogP contribution in [-0.4, -0.2) is 13.1 Å². The van der Waals surface area contributed by atoms with Crippen LogP contribution in [0.15, 0.2) is 30.3 Å². The molecular formula is C9H11N3. The average molecular weight is 161 g/mol. The Morgan fingerprint density at radius 2 is 2.00 bits per heavy atom. The first-order valence-corrected chi connectivity index (χ1v) is 3.80. The molecule has 0 fully saturated rings. The summed E-state index contributed by atoms with van der Waals surface area (Å²) in [5.74, 6) is 0. The molecule has 0 aliphatic carbocycles. The van der Waals surface area contributed by atoms with Gasteiger partial charge in [0.25, 0.3) is 0 Å². The summed E-state index contributed by atoms with van der Waals surface area (Å²) < 4.78 is 0. The fourth-order valence-corrected chi connectivity index (χ4v) is 0.798. The van der Waals surface area contributed by atoms with E-state index in [0.29, 0.717) is 13.1 Å². The number of benzene rings is 1. The lowest BCUT2D eigenvalue weighted by Crippen LogP contribution is -2.23. The molecule has 3 heteroatoms. The van der Waals surface area contributed by atoms with Gasteiger partial charge in [-0.2, -0.15) is 0 Å². The molecular weight excluding hydrogens is 150 g/mol. The number of para-hydroxylation sites is 1. The van der Waals surface area contributed by atoms with Crippen molar-refractivity contribution in [2.45, 2.75) is 0 Å². The molecule has 0 aliphatic rings. The van der Waals surface area contributed by atoms with Crippen LogP contribution in [0.1, 0.15) is 0 Å². The van der Waals surface area contributed by atoms with Gasteiger partial charge in [0.2, 0.25) is 6.54 Å². The van der Waals surface area contributed by atoms with E-state index in [2.05, 4.69) is 15.7 Å². The van der Waals surface area contributed by atoms with Gasteiger partial charge in [0.15, 0.2) is 0 Å². The Balaban J connectivity index is 2.21. The molecule has 1 aromatic carbocycles. The van der Waals surface area contributed by atoms with Gasteiger partial charge in [-0.05, 0) is 12.1 Å². The van der Waals surface area contributed by atoms with E-state index in [1.54, 1.807) is 0 Å². The first-order valence-electron chi connectivity index (χ1n) is 3.80. The number of nitrogens with zero attached hydrogens (tertiary/aromatic N) is 1. The Labute approximate surface area is 72.2 Å². The zero-order chi connectivity index (χ0) is 8.65. The van der Waals surface area contributed by atoms with Gasteiger partial charge in [-0.25, -0.2) is 12.0 Å². The lowest BCUT2D eigenvalue weighted by molar-refractivity contribution is 0.826. The Morgan fingerprint density at radius 3 is 2.67 bits per heavy atom. The van der Waals surface area contributed by atoms with Crippen molar-refractivity contribution < 1.29 is 0 Å². The first kappa shape index (κ1) is 8.57. The molecule has 3 nitrogen and oxygen atoms in total. The highest BCUT2D eigenvalue weighted by molar-refractivity contribution is 5.41. The van der Waals surface area contributed by atoms with Crippen LogP contribution in [0.25, 0.3) is 4.85 Å². The summed E-state index contributed by atoms with van der Waals surface area (Å²) in [6.45, 7) is 7.71. The van der Waals surface area contributed by atoms with Gasteiger partial charge in [0.05, 0.1) is 6.54 Å². The summed E-state index contributed by atoms with van der Waals surface area (Å²) in [6, 6.07) is 9.80. The Kier molecular flexibility index (Phi) is 3.69. The van der Waals surface area contributed by atoms with Crippen molar-refractivity contribution in [3.8, 4) is 0 Å². The van der Waals surface area contributed by atoms with Crippen molar-refractivity contribution in [3.63, 3.8) is 0 Å². The quantitative estimate of drug-likeness (QED) is 0.398. The third-order valence-corrected chi connectivity index (χ3v) is 1.36. The first-order chi connectivity index (χ1) is 5.93. The summed E-state index contributed by atoms with van der Waals surface area (Å²) in [5.41, 5.74) is 6.94. The molecule has 0 amide bonds. The number of hydrazine groups is 1. The SMILES string of the molecule is [C-]#[N+]CCNNc1ccccc1. The van der Waals surface area contributed by atoms with E-state index in [1.807, 2.05) is 30.3 Å². The highest BCUT2D eigenvalue weighted by Gasteiger charge is 1.87. The maximum absolute atomic E-state index is 6.54. The summed E-state index contributed by atoms with van der Waals surface area (Å²) in [6.07, 6.45) is 0. The molecule has 0 unspecified atom stereocenters. The van der Waals surface area contributed by atoms with Crippen molar-refractivity contribution in [3.05, 3.63) is 41.7 Å². The zero-order valence-electron chi connectivity index (χ0n) is 6.75. The molecule has 0 saturated heterocycles. The number of anilines is 1.